The van der Waals surface area contributed by atoms with Gasteiger partial charge in [-0.3, -0.25) is 4.90 Å². The van der Waals surface area contributed by atoms with E-state index in [1.165, 1.54) is 0 Å². The molecule has 0 aromatic rings. The summed E-state index contributed by atoms with van der Waals surface area (Å²) < 4.78 is 10.9. The van der Waals surface area contributed by atoms with Gasteiger partial charge >= 0.3 is 0 Å². The Morgan fingerprint density at radius 3 is 2.93 bits per heavy atom. The van der Waals surface area contributed by atoms with Crippen LogP contribution in [0, 0.1) is 0 Å². The fourth-order valence-electron chi connectivity index (χ4n) is 1.68. The maximum Gasteiger partial charge on any atom is 0.0619 e. The first-order chi connectivity index (χ1) is 6.70. The Bertz CT molecular complexity index is 150. The van der Waals surface area contributed by atoms with Gasteiger partial charge in [-0.25, -0.2) is 0 Å². The lowest BCUT2D eigenvalue weighted by Gasteiger charge is -2.33. The lowest BCUT2D eigenvalue weighted by Crippen LogP contribution is -2.44. The highest BCUT2D eigenvalue weighted by Crippen LogP contribution is 2.06. The highest BCUT2D eigenvalue weighted by Gasteiger charge is 2.17. The van der Waals surface area contributed by atoms with Crippen molar-refractivity contribution in [2.24, 2.45) is 0 Å². The second-order valence-electron chi connectivity index (χ2n) is 4.23. The molecule has 0 radical (unpaired) electrons. The van der Waals surface area contributed by atoms with Crippen LogP contribution < -0.4 is 0 Å². The Hall–Kier alpha value is -0.120. The molecule has 3 heteroatoms. The monoisotopic (exact) mass is 201 g/mol. The van der Waals surface area contributed by atoms with Gasteiger partial charge in [0.25, 0.3) is 0 Å². The predicted octanol–water partition coefficient (Wildman–Crippen LogP) is 1.52. The second kappa shape index (κ2) is 6.38. The van der Waals surface area contributed by atoms with Crippen molar-refractivity contribution in [1.82, 2.24) is 4.90 Å². The molecule has 0 bridgehead atoms. The van der Waals surface area contributed by atoms with Gasteiger partial charge in [0.2, 0.25) is 0 Å². The summed E-state index contributed by atoms with van der Waals surface area (Å²) in [5, 5.41) is 0. The van der Waals surface area contributed by atoms with Gasteiger partial charge in [0.15, 0.2) is 0 Å². The van der Waals surface area contributed by atoms with Crippen molar-refractivity contribution in [3.63, 3.8) is 0 Å². The molecule has 0 amide bonds. The highest BCUT2D eigenvalue weighted by molar-refractivity contribution is 4.70. The molecule has 0 aromatic heterocycles. The molecule has 0 saturated carbocycles. The average Bonchev–Trinajstić information content (AvgIpc) is 2.15. The van der Waals surface area contributed by atoms with Crippen LogP contribution >= 0.6 is 0 Å². The van der Waals surface area contributed by atoms with Gasteiger partial charge in [-0.15, -0.1) is 0 Å². The van der Waals surface area contributed by atoms with Crippen molar-refractivity contribution >= 4 is 0 Å². The van der Waals surface area contributed by atoms with Crippen molar-refractivity contribution in [3.8, 4) is 0 Å². The molecule has 1 rings (SSSR count). The largest absolute Gasteiger partial charge is 0.379 e. The summed E-state index contributed by atoms with van der Waals surface area (Å²) >= 11 is 0. The number of nitrogens with zero attached hydrogens (tertiary/aromatic N) is 1. The summed E-state index contributed by atoms with van der Waals surface area (Å²) in [6.07, 6.45) is 1.49. The first-order valence-electron chi connectivity index (χ1n) is 5.63. The van der Waals surface area contributed by atoms with Crippen LogP contribution in [0.3, 0.4) is 0 Å². The number of morpholine rings is 1. The third kappa shape index (κ3) is 4.40. The number of hydrogen-bond donors (Lipinski definition) is 0. The molecule has 0 unspecified atom stereocenters. The SMILES string of the molecule is CC(C)OCCCN1CCOC[C@H]1C. The highest BCUT2D eigenvalue weighted by atomic mass is 16.5. The van der Waals surface area contributed by atoms with E-state index in [0.717, 1.165) is 39.3 Å². The summed E-state index contributed by atoms with van der Waals surface area (Å²) in [5.74, 6) is 0. The van der Waals surface area contributed by atoms with E-state index in [1.54, 1.807) is 0 Å². The normalized spacial score (nSPS) is 24.4. The summed E-state index contributed by atoms with van der Waals surface area (Å²) in [6, 6.07) is 0.572. The maximum atomic E-state index is 5.51. The Balaban J connectivity index is 2.04. The van der Waals surface area contributed by atoms with Crippen molar-refractivity contribution in [2.45, 2.75) is 39.3 Å². The molecule has 1 saturated heterocycles. The van der Waals surface area contributed by atoms with E-state index >= 15 is 0 Å². The van der Waals surface area contributed by atoms with E-state index in [2.05, 4.69) is 25.7 Å². The van der Waals surface area contributed by atoms with Crippen LogP contribution in [0.1, 0.15) is 27.2 Å². The van der Waals surface area contributed by atoms with Crippen LogP contribution in [0.4, 0.5) is 0 Å². The average molecular weight is 201 g/mol. The lowest BCUT2D eigenvalue weighted by atomic mass is 10.2. The minimum Gasteiger partial charge on any atom is -0.379 e. The number of hydrogen-bond acceptors (Lipinski definition) is 3. The molecule has 1 heterocycles. The molecule has 3 nitrogen and oxygen atoms in total. The topological polar surface area (TPSA) is 21.7 Å². The zero-order valence-corrected chi connectivity index (χ0v) is 9.66. The molecule has 1 aliphatic heterocycles. The smallest absolute Gasteiger partial charge is 0.0619 e. The van der Waals surface area contributed by atoms with E-state index in [9.17, 15) is 0 Å². The molecule has 0 aliphatic carbocycles. The third-order valence-electron chi connectivity index (χ3n) is 2.55. The van der Waals surface area contributed by atoms with Crippen molar-refractivity contribution < 1.29 is 9.47 Å². The minimum absolute atomic E-state index is 0.358. The van der Waals surface area contributed by atoms with Crippen LogP contribution in [0.5, 0.6) is 0 Å². The Labute approximate surface area is 87.4 Å². The molecule has 14 heavy (non-hydrogen) atoms. The molecule has 0 spiro atoms. The molecule has 1 atom stereocenters. The summed E-state index contributed by atoms with van der Waals surface area (Å²) in [5.41, 5.74) is 0. The number of ether oxygens (including phenoxy) is 2. The van der Waals surface area contributed by atoms with Gasteiger partial charge < -0.3 is 9.47 Å². The van der Waals surface area contributed by atoms with Crippen molar-refractivity contribution in [3.05, 3.63) is 0 Å². The second-order valence-corrected chi connectivity index (χ2v) is 4.23. The fourth-order valence-corrected chi connectivity index (χ4v) is 1.68. The van der Waals surface area contributed by atoms with Gasteiger partial charge in [-0.1, -0.05) is 0 Å². The molecule has 1 fully saturated rings. The zero-order valence-electron chi connectivity index (χ0n) is 9.66. The molecule has 84 valence electrons. The van der Waals surface area contributed by atoms with E-state index in [1.807, 2.05) is 0 Å². The Morgan fingerprint density at radius 1 is 1.50 bits per heavy atom. The van der Waals surface area contributed by atoms with Crippen molar-refractivity contribution in [2.75, 3.05) is 32.9 Å². The van der Waals surface area contributed by atoms with Crippen molar-refractivity contribution in [1.29, 1.82) is 0 Å². The van der Waals surface area contributed by atoms with Gasteiger partial charge in [0.1, 0.15) is 0 Å². The zero-order chi connectivity index (χ0) is 10.4. The van der Waals surface area contributed by atoms with Crippen LogP contribution in [0.2, 0.25) is 0 Å². The van der Waals surface area contributed by atoms with E-state index < -0.39 is 0 Å². The molecule has 0 N–H and O–H groups in total. The van der Waals surface area contributed by atoms with E-state index in [4.69, 9.17) is 9.47 Å². The van der Waals surface area contributed by atoms with E-state index in [-0.39, 0.29) is 0 Å². The van der Waals surface area contributed by atoms with Crippen LogP contribution in [0.25, 0.3) is 0 Å². The molecular formula is C11H23NO2. The fraction of sp³-hybridized carbons (Fsp3) is 1.00. The summed E-state index contributed by atoms with van der Waals surface area (Å²) in [7, 11) is 0. The van der Waals surface area contributed by atoms with Crippen LogP contribution in [-0.2, 0) is 9.47 Å². The van der Waals surface area contributed by atoms with Gasteiger partial charge in [0, 0.05) is 25.7 Å². The minimum atomic E-state index is 0.358. The van der Waals surface area contributed by atoms with E-state index in [0.29, 0.717) is 12.1 Å². The molecule has 0 aromatic carbocycles. The van der Waals surface area contributed by atoms with Crippen LogP contribution in [0.15, 0.2) is 0 Å². The van der Waals surface area contributed by atoms with Crippen LogP contribution in [-0.4, -0.2) is 50.0 Å². The Morgan fingerprint density at radius 2 is 2.29 bits per heavy atom. The lowest BCUT2D eigenvalue weighted by molar-refractivity contribution is -0.00690. The molecular weight excluding hydrogens is 178 g/mol. The first-order valence-corrected chi connectivity index (χ1v) is 5.63. The maximum absolute atomic E-state index is 5.51. The standard InChI is InChI=1S/C11H23NO2/c1-10(2)14-7-4-5-12-6-8-13-9-11(12)3/h10-11H,4-9H2,1-3H3/t11-/m1/s1. The first kappa shape index (κ1) is 12.0. The predicted molar refractivity (Wildman–Crippen MR) is 57.6 cm³/mol. The van der Waals surface area contributed by atoms with Gasteiger partial charge in [-0.05, 0) is 27.2 Å². The third-order valence-corrected chi connectivity index (χ3v) is 2.55. The summed E-state index contributed by atoms with van der Waals surface area (Å²) in [4.78, 5) is 2.48. The molecule has 1 aliphatic rings. The Kier molecular flexibility index (Phi) is 5.45. The number of rotatable bonds is 5. The van der Waals surface area contributed by atoms with Gasteiger partial charge in [-0.2, -0.15) is 0 Å². The van der Waals surface area contributed by atoms with Gasteiger partial charge in [0.05, 0.1) is 19.3 Å². The quantitative estimate of drug-likeness (QED) is 0.630. The summed E-state index contributed by atoms with van der Waals surface area (Å²) in [6.45, 7) is 11.2.